The van der Waals surface area contributed by atoms with Gasteiger partial charge in [0.25, 0.3) is 0 Å². The smallest absolute Gasteiger partial charge is 0.248 e. The molecule has 2 aromatic rings. The maximum absolute atomic E-state index is 11.8. The molecule has 4 heteroatoms. The lowest BCUT2D eigenvalue weighted by Crippen LogP contribution is -2.07. The number of hydrogen-bond donors (Lipinski definition) is 1. The second kappa shape index (κ2) is 6.52. The molecule has 1 aromatic heterocycles. The Bertz CT molecular complexity index is 601. The van der Waals surface area contributed by atoms with Crippen LogP contribution in [0.3, 0.4) is 0 Å². The van der Waals surface area contributed by atoms with E-state index in [1.165, 1.54) is 11.6 Å². The largest absolute Gasteiger partial charge is 0.481 e. The van der Waals surface area contributed by atoms with Crippen LogP contribution in [-0.4, -0.2) is 18.0 Å². The minimum atomic E-state index is -0.197. The van der Waals surface area contributed by atoms with Crippen molar-refractivity contribution < 1.29 is 9.53 Å². The molecule has 1 aromatic carbocycles. The van der Waals surface area contributed by atoms with Crippen LogP contribution in [0.1, 0.15) is 11.1 Å². The molecule has 0 aliphatic heterocycles. The summed E-state index contributed by atoms with van der Waals surface area (Å²) in [6.07, 6.45) is 4.82. The van der Waals surface area contributed by atoms with Crippen LogP contribution in [0.15, 0.2) is 48.7 Å². The van der Waals surface area contributed by atoms with Crippen molar-refractivity contribution in [3.8, 4) is 5.88 Å². The van der Waals surface area contributed by atoms with Gasteiger partial charge in [0.05, 0.1) is 19.0 Å². The van der Waals surface area contributed by atoms with Gasteiger partial charge in [0.1, 0.15) is 0 Å². The van der Waals surface area contributed by atoms with Gasteiger partial charge < -0.3 is 10.1 Å². The number of ether oxygens (including phenoxy) is 1. The van der Waals surface area contributed by atoms with E-state index in [0.29, 0.717) is 11.6 Å². The van der Waals surface area contributed by atoms with E-state index in [-0.39, 0.29) is 5.91 Å². The monoisotopic (exact) mass is 268 g/mol. The molecule has 0 unspecified atom stereocenters. The molecule has 0 fully saturated rings. The van der Waals surface area contributed by atoms with Crippen LogP contribution < -0.4 is 10.1 Å². The number of nitrogens with zero attached hydrogens (tertiary/aromatic N) is 1. The van der Waals surface area contributed by atoms with Crippen molar-refractivity contribution in [1.82, 2.24) is 4.98 Å². The standard InChI is InChI=1S/C16H16N2O2/c1-12-3-5-13(6-4-12)7-9-15(19)18-14-8-10-16(20-2)17-11-14/h3-11H,1-2H3,(H,18,19)/b9-7+. The molecule has 20 heavy (non-hydrogen) atoms. The number of carbonyl (C=O) groups excluding carboxylic acids is 1. The minimum Gasteiger partial charge on any atom is -0.481 e. The van der Waals surface area contributed by atoms with Gasteiger partial charge in [0.2, 0.25) is 11.8 Å². The lowest BCUT2D eigenvalue weighted by molar-refractivity contribution is -0.111. The molecule has 1 N–H and O–H groups in total. The molecule has 0 saturated heterocycles. The van der Waals surface area contributed by atoms with E-state index in [4.69, 9.17) is 4.74 Å². The van der Waals surface area contributed by atoms with Crippen molar-refractivity contribution in [1.29, 1.82) is 0 Å². The number of amides is 1. The van der Waals surface area contributed by atoms with E-state index < -0.39 is 0 Å². The van der Waals surface area contributed by atoms with Crippen molar-refractivity contribution in [2.45, 2.75) is 6.92 Å². The first-order chi connectivity index (χ1) is 9.67. The van der Waals surface area contributed by atoms with Gasteiger partial charge in [-0.1, -0.05) is 29.8 Å². The summed E-state index contributed by atoms with van der Waals surface area (Å²) >= 11 is 0. The van der Waals surface area contributed by atoms with Crippen LogP contribution in [-0.2, 0) is 4.79 Å². The number of anilines is 1. The summed E-state index contributed by atoms with van der Waals surface area (Å²) in [5.41, 5.74) is 2.80. The summed E-state index contributed by atoms with van der Waals surface area (Å²) in [4.78, 5) is 15.8. The lowest BCUT2D eigenvalue weighted by Gasteiger charge is -2.02. The number of benzene rings is 1. The molecule has 1 amide bonds. The number of aryl methyl sites for hydroxylation is 1. The van der Waals surface area contributed by atoms with Crippen LogP contribution in [0.2, 0.25) is 0 Å². The van der Waals surface area contributed by atoms with Gasteiger partial charge in [0.15, 0.2) is 0 Å². The second-order valence-corrected chi connectivity index (χ2v) is 4.32. The first-order valence-electron chi connectivity index (χ1n) is 6.23. The normalized spacial score (nSPS) is 10.5. The summed E-state index contributed by atoms with van der Waals surface area (Å²) in [6.45, 7) is 2.02. The van der Waals surface area contributed by atoms with Crippen molar-refractivity contribution in [3.05, 3.63) is 59.8 Å². The third kappa shape index (κ3) is 3.95. The number of rotatable bonds is 4. The molecule has 0 atom stereocenters. The lowest BCUT2D eigenvalue weighted by atomic mass is 10.1. The molecule has 0 aliphatic carbocycles. The van der Waals surface area contributed by atoms with E-state index in [0.717, 1.165) is 5.56 Å². The van der Waals surface area contributed by atoms with Gasteiger partial charge in [-0.25, -0.2) is 4.98 Å². The Labute approximate surface area is 118 Å². The third-order valence-electron chi connectivity index (χ3n) is 2.72. The molecule has 0 radical (unpaired) electrons. The Morgan fingerprint density at radius 1 is 1.20 bits per heavy atom. The zero-order chi connectivity index (χ0) is 14.4. The average Bonchev–Trinajstić information content (AvgIpc) is 2.47. The zero-order valence-corrected chi connectivity index (χ0v) is 11.5. The molecule has 2 rings (SSSR count). The van der Waals surface area contributed by atoms with E-state index in [1.54, 1.807) is 31.5 Å². The van der Waals surface area contributed by atoms with Crippen molar-refractivity contribution in [2.75, 3.05) is 12.4 Å². The molecular formula is C16H16N2O2. The van der Waals surface area contributed by atoms with Crippen molar-refractivity contribution in [3.63, 3.8) is 0 Å². The Balaban J connectivity index is 1.96. The number of nitrogens with one attached hydrogen (secondary N) is 1. The highest BCUT2D eigenvalue weighted by atomic mass is 16.5. The molecule has 1 heterocycles. The summed E-state index contributed by atoms with van der Waals surface area (Å²) < 4.78 is 4.95. The first-order valence-corrected chi connectivity index (χ1v) is 6.23. The highest BCUT2D eigenvalue weighted by Gasteiger charge is 1.99. The maximum atomic E-state index is 11.8. The summed E-state index contributed by atoms with van der Waals surface area (Å²) in [5.74, 6) is 0.315. The summed E-state index contributed by atoms with van der Waals surface area (Å²) in [6, 6.07) is 11.4. The Hall–Kier alpha value is -2.62. The van der Waals surface area contributed by atoms with Gasteiger partial charge in [-0.15, -0.1) is 0 Å². The molecule has 0 aliphatic rings. The molecule has 4 nitrogen and oxygen atoms in total. The summed E-state index contributed by atoms with van der Waals surface area (Å²) in [7, 11) is 1.55. The highest BCUT2D eigenvalue weighted by Crippen LogP contribution is 2.11. The van der Waals surface area contributed by atoms with Crippen LogP contribution in [0, 0.1) is 6.92 Å². The maximum Gasteiger partial charge on any atom is 0.248 e. The quantitative estimate of drug-likeness (QED) is 0.867. The molecule has 0 bridgehead atoms. The van der Waals surface area contributed by atoms with Crippen molar-refractivity contribution >= 4 is 17.7 Å². The number of hydrogen-bond acceptors (Lipinski definition) is 3. The topological polar surface area (TPSA) is 51.2 Å². The van der Waals surface area contributed by atoms with E-state index in [2.05, 4.69) is 10.3 Å². The third-order valence-corrected chi connectivity index (χ3v) is 2.72. The SMILES string of the molecule is COc1ccc(NC(=O)/C=C/c2ccc(C)cc2)cn1. The van der Waals surface area contributed by atoms with Crippen LogP contribution in [0.25, 0.3) is 6.08 Å². The molecular weight excluding hydrogens is 252 g/mol. The number of pyridine rings is 1. The van der Waals surface area contributed by atoms with E-state index >= 15 is 0 Å². The van der Waals surface area contributed by atoms with Crippen LogP contribution in [0.4, 0.5) is 5.69 Å². The fourth-order valence-electron chi connectivity index (χ4n) is 1.61. The predicted octanol–water partition coefficient (Wildman–Crippen LogP) is 3.05. The van der Waals surface area contributed by atoms with Gasteiger partial charge in [-0.05, 0) is 24.6 Å². The van der Waals surface area contributed by atoms with E-state index in [1.807, 2.05) is 31.2 Å². The Morgan fingerprint density at radius 3 is 2.55 bits per heavy atom. The molecule has 102 valence electrons. The van der Waals surface area contributed by atoms with Gasteiger partial charge in [0, 0.05) is 12.1 Å². The summed E-state index contributed by atoms with van der Waals surface area (Å²) in [5, 5.41) is 2.73. The van der Waals surface area contributed by atoms with Gasteiger partial charge in [-0.2, -0.15) is 0 Å². The van der Waals surface area contributed by atoms with E-state index in [9.17, 15) is 4.79 Å². The number of aromatic nitrogens is 1. The molecule has 0 saturated carbocycles. The average molecular weight is 268 g/mol. The van der Waals surface area contributed by atoms with Crippen LogP contribution >= 0.6 is 0 Å². The fourth-order valence-corrected chi connectivity index (χ4v) is 1.61. The van der Waals surface area contributed by atoms with Crippen LogP contribution in [0.5, 0.6) is 5.88 Å². The first kappa shape index (κ1) is 13.8. The van der Waals surface area contributed by atoms with Crippen molar-refractivity contribution in [2.24, 2.45) is 0 Å². The number of carbonyl (C=O) groups is 1. The highest BCUT2D eigenvalue weighted by molar-refractivity contribution is 6.01. The van der Waals surface area contributed by atoms with Gasteiger partial charge >= 0.3 is 0 Å². The molecule has 0 spiro atoms. The predicted molar refractivity (Wildman–Crippen MR) is 79.6 cm³/mol. The second-order valence-electron chi connectivity index (χ2n) is 4.32. The minimum absolute atomic E-state index is 0.197. The zero-order valence-electron chi connectivity index (χ0n) is 11.5. The number of methoxy groups -OCH3 is 1. The Morgan fingerprint density at radius 2 is 1.95 bits per heavy atom. The van der Waals surface area contributed by atoms with Gasteiger partial charge in [-0.3, -0.25) is 4.79 Å². The Kier molecular flexibility index (Phi) is 4.50. The fraction of sp³-hybridized carbons (Fsp3) is 0.125.